The Balaban J connectivity index is 1.97. The number of nitro benzene ring substituents is 1. The van der Waals surface area contributed by atoms with Gasteiger partial charge in [-0.15, -0.1) is 0 Å². The summed E-state index contributed by atoms with van der Waals surface area (Å²) in [6.07, 6.45) is 5.78. The maximum absolute atomic E-state index is 12.0. The van der Waals surface area contributed by atoms with Crippen LogP contribution in [0.15, 0.2) is 48.8 Å². The average Bonchev–Trinajstić information content (AvgIpc) is 3.05. The first-order valence-corrected chi connectivity index (χ1v) is 7.16. The first-order valence-electron chi connectivity index (χ1n) is 7.16. The van der Waals surface area contributed by atoms with Crippen LogP contribution in [0.3, 0.4) is 0 Å². The molecule has 6 nitrogen and oxygen atoms in total. The van der Waals surface area contributed by atoms with Gasteiger partial charge in [0.15, 0.2) is 0 Å². The smallest absolute Gasteiger partial charge is 0.338 e. The van der Waals surface area contributed by atoms with E-state index in [9.17, 15) is 14.9 Å². The summed E-state index contributed by atoms with van der Waals surface area (Å²) in [5, 5.41) is 10.6. The number of nitro groups is 1. The van der Waals surface area contributed by atoms with E-state index in [0.29, 0.717) is 5.56 Å². The van der Waals surface area contributed by atoms with Crippen molar-refractivity contribution in [2.75, 3.05) is 6.61 Å². The van der Waals surface area contributed by atoms with Gasteiger partial charge in [-0.2, -0.15) is 0 Å². The lowest BCUT2D eigenvalue weighted by atomic mass is 10.2. The zero-order valence-corrected chi connectivity index (χ0v) is 12.3. The van der Waals surface area contributed by atoms with Crippen LogP contribution < -0.4 is 0 Å². The first-order chi connectivity index (χ1) is 10.6. The van der Waals surface area contributed by atoms with Crippen LogP contribution in [0.2, 0.25) is 0 Å². The van der Waals surface area contributed by atoms with Gasteiger partial charge in [-0.05, 0) is 30.7 Å². The number of carbonyl (C=O) groups excluding carboxylic acids is 1. The van der Waals surface area contributed by atoms with E-state index in [1.54, 1.807) is 0 Å². The molecule has 2 aromatic rings. The van der Waals surface area contributed by atoms with Crippen LogP contribution in [0.1, 0.15) is 36.2 Å². The Morgan fingerprint density at radius 1 is 1.27 bits per heavy atom. The number of ether oxygens (including phenoxy) is 1. The van der Waals surface area contributed by atoms with Crippen molar-refractivity contribution in [3.63, 3.8) is 0 Å². The van der Waals surface area contributed by atoms with Gasteiger partial charge < -0.3 is 9.30 Å². The highest BCUT2D eigenvalue weighted by Crippen LogP contribution is 2.17. The van der Waals surface area contributed by atoms with Crippen LogP contribution in [-0.2, 0) is 4.74 Å². The van der Waals surface area contributed by atoms with E-state index in [2.05, 4.69) is 6.92 Å². The topological polar surface area (TPSA) is 74.4 Å². The van der Waals surface area contributed by atoms with E-state index in [1.807, 2.05) is 29.1 Å². The fourth-order valence-corrected chi connectivity index (χ4v) is 2.22. The summed E-state index contributed by atoms with van der Waals surface area (Å²) >= 11 is 0. The van der Waals surface area contributed by atoms with Gasteiger partial charge in [-0.25, -0.2) is 4.79 Å². The van der Waals surface area contributed by atoms with Crippen molar-refractivity contribution in [3.8, 4) is 0 Å². The molecule has 0 bridgehead atoms. The number of carbonyl (C=O) groups is 1. The number of hydrogen-bond acceptors (Lipinski definition) is 4. The average molecular weight is 302 g/mol. The Labute approximate surface area is 128 Å². The van der Waals surface area contributed by atoms with Crippen molar-refractivity contribution < 1.29 is 14.5 Å². The number of benzene rings is 1. The molecule has 1 aromatic carbocycles. The number of non-ortho nitro benzene ring substituents is 1. The van der Waals surface area contributed by atoms with Crippen molar-refractivity contribution in [2.24, 2.45) is 0 Å². The molecule has 1 aromatic heterocycles. The van der Waals surface area contributed by atoms with Crippen molar-refractivity contribution in [3.05, 3.63) is 64.5 Å². The predicted molar refractivity (Wildman–Crippen MR) is 81.8 cm³/mol. The Bertz CT molecular complexity index is 620. The normalized spacial score (nSPS) is 11.9. The molecular formula is C16H18N2O4. The lowest BCUT2D eigenvalue weighted by molar-refractivity contribution is -0.384. The quantitative estimate of drug-likeness (QED) is 0.445. The minimum Gasteiger partial charge on any atom is -0.460 e. The van der Waals surface area contributed by atoms with E-state index >= 15 is 0 Å². The molecule has 1 heterocycles. The molecule has 0 radical (unpaired) electrons. The lowest BCUT2D eigenvalue weighted by Crippen LogP contribution is -2.17. The maximum atomic E-state index is 12.0. The summed E-state index contributed by atoms with van der Waals surface area (Å²) < 4.78 is 7.36. The largest absolute Gasteiger partial charge is 0.460 e. The van der Waals surface area contributed by atoms with Crippen molar-refractivity contribution in [2.45, 2.75) is 25.8 Å². The second-order valence-corrected chi connectivity index (χ2v) is 4.98. The third kappa shape index (κ3) is 3.94. The minimum absolute atomic E-state index is 0.0484. The fraction of sp³-hybridized carbons (Fsp3) is 0.312. The van der Waals surface area contributed by atoms with Gasteiger partial charge in [0.05, 0.1) is 16.5 Å². The number of nitrogens with zero attached hydrogens (tertiary/aromatic N) is 2. The van der Waals surface area contributed by atoms with Gasteiger partial charge in [0.25, 0.3) is 5.69 Å². The van der Waals surface area contributed by atoms with E-state index in [-0.39, 0.29) is 18.3 Å². The fourth-order valence-electron chi connectivity index (χ4n) is 2.22. The summed E-state index contributed by atoms with van der Waals surface area (Å²) in [6.45, 7) is 2.35. The van der Waals surface area contributed by atoms with Gasteiger partial charge in [0.1, 0.15) is 6.61 Å². The zero-order chi connectivity index (χ0) is 15.9. The SMILES string of the molecule is CCCC(COC(=O)c1ccc([N+](=O)[O-])cc1)n1cccc1. The molecule has 6 heteroatoms. The number of hydrogen-bond donors (Lipinski definition) is 0. The van der Waals surface area contributed by atoms with E-state index in [4.69, 9.17) is 4.74 Å². The molecule has 0 fully saturated rings. The van der Waals surface area contributed by atoms with E-state index in [1.165, 1.54) is 24.3 Å². The molecule has 0 saturated carbocycles. The molecule has 0 N–H and O–H groups in total. The summed E-state index contributed by atoms with van der Waals surface area (Å²) in [4.78, 5) is 22.1. The molecule has 0 amide bonds. The number of esters is 1. The minimum atomic E-state index is -0.502. The molecule has 0 aliphatic carbocycles. The van der Waals surface area contributed by atoms with Gasteiger partial charge in [0, 0.05) is 24.5 Å². The molecule has 2 rings (SSSR count). The standard InChI is InChI=1S/C16H18N2O4/c1-2-5-15(17-10-3-4-11-17)12-22-16(19)13-6-8-14(9-7-13)18(20)21/h3-4,6-11,15H,2,5,12H2,1H3. The molecule has 0 spiro atoms. The highest BCUT2D eigenvalue weighted by atomic mass is 16.6. The molecule has 0 aliphatic rings. The summed E-state index contributed by atoms with van der Waals surface area (Å²) in [5.41, 5.74) is 0.265. The molecule has 1 unspecified atom stereocenters. The predicted octanol–water partition coefficient (Wildman–Crippen LogP) is 3.59. The molecule has 0 aliphatic heterocycles. The molecule has 1 atom stereocenters. The molecule has 0 saturated heterocycles. The van der Waals surface area contributed by atoms with E-state index < -0.39 is 10.9 Å². The van der Waals surface area contributed by atoms with Gasteiger partial charge in [-0.1, -0.05) is 13.3 Å². The second-order valence-electron chi connectivity index (χ2n) is 4.98. The highest BCUT2D eigenvalue weighted by Gasteiger charge is 2.14. The summed E-state index contributed by atoms with van der Waals surface area (Å²) in [5.74, 6) is -0.469. The Morgan fingerprint density at radius 3 is 2.45 bits per heavy atom. The van der Waals surface area contributed by atoms with Crippen LogP contribution in [0.4, 0.5) is 5.69 Å². The summed E-state index contributed by atoms with van der Waals surface area (Å²) in [6, 6.07) is 9.37. The van der Waals surface area contributed by atoms with Gasteiger partial charge in [-0.3, -0.25) is 10.1 Å². The Morgan fingerprint density at radius 2 is 1.91 bits per heavy atom. The first kappa shape index (κ1) is 15.8. The van der Waals surface area contributed by atoms with Crippen LogP contribution in [-0.4, -0.2) is 22.1 Å². The zero-order valence-electron chi connectivity index (χ0n) is 12.3. The third-order valence-corrected chi connectivity index (χ3v) is 3.39. The van der Waals surface area contributed by atoms with Crippen molar-refractivity contribution in [1.82, 2.24) is 4.57 Å². The molecule has 22 heavy (non-hydrogen) atoms. The van der Waals surface area contributed by atoms with Crippen molar-refractivity contribution in [1.29, 1.82) is 0 Å². The third-order valence-electron chi connectivity index (χ3n) is 3.39. The number of rotatable bonds is 7. The maximum Gasteiger partial charge on any atom is 0.338 e. The van der Waals surface area contributed by atoms with Gasteiger partial charge in [0.2, 0.25) is 0 Å². The monoisotopic (exact) mass is 302 g/mol. The second kappa shape index (κ2) is 7.40. The molecule has 116 valence electrons. The van der Waals surface area contributed by atoms with Gasteiger partial charge >= 0.3 is 5.97 Å². The molecular weight excluding hydrogens is 284 g/mol. The van der Waals surface area contributed by atoms with Crippen LogP contribution in [0.5, 0.6) is 0 Å². The summed E-state index contributed by atoms with van der Waals surface area (Å²) in [7, 11) is 0. The van der Waals surface area contributed by atoms with E-state index in [0.717, 1.165) is 12.8 Å². The van der Waals surface area contributed by atoms with Crippen LogP contribution in [0, 0.1) is 10.1 Å². The highest BCUT2D eigenvalue weighted by molar-refractivity contribution is 5.89. The van der Waals surface area contributed by atoms with Crippen LogP contribution in [0.25, 0.3) is 0 Å². The van der Waals surface area contributed by atoms with Crippen LogP contribution >= 0.6 is 0 Å². The lowest BCUT2D eigenvalue weighted by Gasteiger charge is -2.18. The Kier molecular flexibility index (Phi) is 5.30. The number of aromatic nitrogens is 1. The Hall–Kier alpha value is -2.63. The van der Waals surface area contributed by atoms with Crippen molar-refractivity contribution >= 4 is 11.7 Å².